The molecule has 1 aliphatic heterocycles. The van der Waals surface area contributed by atoms with Crippen LogP contribution in [-0.2, 0) is 6.54 Å². The van der Waals surface area contributed by atoms with E-state index in [2.05, 4.69) is 60.0 Å². The summed E-state index contributed by atoms with van der Waals surface area (Å²) < 4.78 is 0. The Bertz CT molecular complexity index is 491. The van der Waals surface area contributed by atoms with Crippen LogP contribution < -0.4 is 5.73 Å². The molecule has 21 heavy (non-hydrogen) atoms. The molecule has 3 heteroatoms. The summed E-state index contributed by atoms with van der Waals surface area (Å²) in [7, 11) is 4.33. The average molecular weight is 285 g/mol. The van der Waals surface area contributed by atoms with E-state index in [0.29, 0.717) is 6.54 Å². The third kappa shape index (κ3) is 5.51. The van der Waals surface area contributed by atoms with Crippen molar-refractivity contribution in [2.24, 2.45) is 11.7 Å². The largest absolute Gasteiger partial charge is 0.320 e. The maximum atomic E-state index is 5.43. The standard InChI is InChI=1S/C18H27N3/c1-20(2)14-17-8-11-21(12-9-17)15-18-6-3-5-16(13-18)7-4-10-19/h3,5-6,13,17H,8-12,14-15,19H2,1-2H3. The predicted octanol–water partition coefficient (Wildman–Crippen LogP) is 1.77. The van der Waals surface area contributed by atoms with Gasteiger partial charge in [0.05, 0.1) is 6.54 Å². The Kier molecular flexibility index (Phi) is 6.25. The fourth-order valence-corrected chi connectivity index (χ4v) is 3.00. The van der Waals surface area contributed by atoms with Crippen LogP contribution in [0.4, 0.5) is 0 Å². The zero-order valence-electron chi connectivity index (χ0n) is 13.3. The SMILES string of the molecule is CN(C)CC1CCN(Cc2cccc(C#CCN)c2)CC1. The van der Waals surface area contributed by atoms with Gasteiger partial charge in [0.1, 0.15) is 0 Å². The predicted molar refractivity (Wildman–Crippen MR) is 88.9 cm³/mol. The number of hydrogen-bond acceptors (Lipinski definition) is 3. The molecule has 0 aliphatic carbocycles. The molecule has 1 saturated heterocycles. The van der Waals surface area contributed by atoms with E-state index in [1.165, 1.54) is 38.0 Å². The Morgan fingerprint density at radius 1 is 1.29 bits per heavy atom. The molecule has 0 saturated carbocycles. The highest BCUT2D eigenvalue weighted by Crippen LogP contribution is 2.19. The summed E-state index contributed by atoms with van der Waals surface area (Å²) in [6, 6.07) is 8.53. The summed E-state index contributed by atoms with van der Waals surface area (Å²) in [6.07, 6.45) is 2.62. The quantitative estimate of drug-likeness (QED) is 0.856. The zero-order chi connectivity index (χ0) is 15.1. The molecule has 0 aromatic heterocycles. The minimum absolute atomic E-state index is 0.420. The summed E-state index contributed by atoms with van der Waals surface area (Å²) in [5, 5.41) is 0. The van der Waals surface area contributed by atoms with Gasteiger partial charge in [-0.2, -0.15) is 0 Å². The molecule has 0 unspecified atom stereocenters. The van der Waals surface area contributed by atoms with Gasteiger partial charge in [0, 0.05) is 18.7 Å². The van der Waals surface area contributed by atoms with Crippen molar-refractivity contribution in [2.45, 2.75) is 19.4 Å². The second kappa shape index (κ2) is 8.19. The van der Waals surface area contributed by atoms with E-state index < -0.39 is 0 Å². The molecule has 0 radical (unpaired) electrons. The first-order chi connectivity index (χ1) is 10.2. The molecule has 1 aromatic rings. The minimum atomic E-state index is 0.420. The number of likely N-dealkylation sites (tertiary alicyclic amines) is 1. The highest BCUT2D eigenvalue weighted by molar-refractivity contribution is 5.37. The van der Waals surface area contributed by atoms with E-state index in [-0.39, 0.29) is 0 Å². The highest BCUT2D eigenvalue weighted by atomic mass is 15.1. The molecule has 114 valence electrons. The minimum Gasteiger partial charge on any atom is -0.320 e. The van der Waals surface area contributed by atoms with E-state index in [0.717, 1.165) is 18.0 Å². The van der Waals surface area contributed by atoms with Crippen LogP contribution in [-0.4, -0.2) is 50.1 Å². The average Bonchev–Trinajstić information content (AvgIpc) is 2.47. The first-order valence-electron chi connectivity index (χ1n) is 7.82. The van der Waals surface area contributed by atoms with Crippen LogP contribution in [0, 0.1) is 17.8 Å². The third-order valence-electron chi connectivity index (χ3n) is 4.00. The topological polar surface area (TPSA) is 32.5 Å². The Morgan fingerprint density at radius 2 is 2.05 bits per heavy atom. The van der Waals surface area contributed by atoms with Crippen LogP contribution >= 0.6 is 0 Å². The van der Waals surface area contributed by atoms with E-state index in [4.69, 9.17) is 5.73 Å². The maximum absolute atomic E-state index is 5.43. The first kappa shape index (κ1) is 16.0. The van der Waals surface area contributed by atoms with Gasteiger partial charge in [-0.05, 0) is 63.6 Å². The molecule has 3 nitrogen and oxygen atoms in total. The highest BCUT2D eigenvalue weighted by Gasteiger charge is 2.19. The maximum Gasteiger partial charge on any atom is 0.0555 e. The van der Waals surface area contributed by atoms with E-state index in [1.54, 1.807) is 0 Å². The van der Waals surface area contributed by atoms with E-state index >= 15 is 0 Å². The van der Waals surface area contributed by atoms with Crippen LogP contribution in [0.1, 0.15) is 24.0 Å². The van der Waals surface area contributed by atoms with Crippen LogP contribution in [0.25, 0.3) is 0 Å². The molecule has 0 bridgehead atoms. The van der Waals surface area contributed by atoms with Crippen molar-refractivity contribution in [3.05, 3.63) is 35.4 Å². The number of nitrogens with zero attached hydrogens (tertiary/aromatic N) is 2. The van der Waals surface area contributed by atoms with Crippen molar-refractivity contribution < 1.29 is 0 Å². The second-order valence-corrected chi connectivity index (χ2v) is 6.19. The fourth-order valence-electron chi connectivity index (χ4n) is 3.00. The van der Waals surface area contributed by atoms with Crippen molar-refractivity contribution in [2.75, 3.05) is 40.3 Å². The first-order valence-corrected chi connectivity index (χ1v) is 7.82. The van der Waals surface area contributed by atoms with Gasteiger partial charge < -0.3 is 10.6 Å². The van der Waals surface area contributed by atoms with Crippen LogP contribution in [0.3, 0.4) is 0 Å². The molecule has 1 aliphatic rings. The normalized spacial score (nSPS) is 16.8. The molecule has 2 N–H and O–H groups in total. The van der Waals surface area contributed by atoms with Crippen molar-refractivity contribution in [3.63, 3.8) is 0 Å². The molecule has 1 aromatic carbocycles. The molecule has 0 spiro atoms. The van der Waals surface area contributed by atoms with Crippen molar-refractivity contribution in [3.8, 4) is 11.8 Å². The summed E-state index contributed by atoms with van der Waals surface area (Å²) in [6.45, 7) is 5.09. The molecular formula is C18H27N3. The second-order valence-electron chi connectivity index (χ2n) is 6.19. The molecule has 0 amide bonds. The molecule has 1 heterocycles. The monoisotopic (exact) mass is 285 g/mol. The van der Waals surface area contributed by atoms with E-state index in [9.17, 15) is 0 Å². The number of benzene rings is 1. The molecule has 2 rings (SSSR count). The van der Waals surface area contributed by atoms with Crippen molar-refractivity contribution in [1.29, 1.82) is 0 Å². The lowest BCUT2D eigenvalue weighted by Gasteiger charge is -2.33. The lowest BCUT2D eigenvalue weighted by atomic mass is 9.96. The van der Waals surface area contributed by atoms with Gasteiger partial charge in [-0.15, -0.1) is 0 Å². The van der Waals surface area contributed by atoms with Gasteiger partial charge in [0.25, 0.3) is 0 Å². The summed E-state index contributed by atoms with van der Waals surface area (Å²) in [4.78, 5) is 4.86. The summed E-state index contributed by atoms with van der Waals surface area (Å²) in [5.74, 6) is 6.89. The van der Waals surface area contributed by atoms with Gasteiger partial charge in [0.2, 0.25) is 0 Å². The Hall–Kier alpha value is -1.34. The summed E-state index contributed by atoms with van der Waals surface area (Å²) >= 11 is 0. The smallest absolute Gasteiger partial charge is 0.0555 e. The number of piperidine rings is 1. The van der Waals surface area contributed by atoms with Gasteiger partial charge >= 0.3 is 0 Å². The van der Waals surface area contributed by atoms with Crippen molar-refractivity contribution >= 4 is 0 Å². The number of hydrogen-bond donors (Lipinski definition) is 1. The Labute approximate surface area is 129 Å². The van der Waals surface area contributed by atoms with Crippen molar-refractivity contribution in [1.82, 2.24) is 9.80 Å². The lowest BCUT2D eigenvalue weighted by Crippen LogP contribution is -2.36. The summed E-state index contributed by atoms with van der Waals surface area (Å²) in [5.41, 5.74) is 7.85. The Balaban J connectivity index is 1.86. The molecular weight excluding hydrogens is 258 g/mol. The van der Waals surface area contributed by atoms with Gasteiger partial charge in [-0.25, -0.2) is 0 Å². The fraction of sp³-hybridized carbons (Fsp3) is 0.556. The molecule has 1 fully saturated rings. The Morgan fingerprint density at radius 3 is 2.71 bits per heavy atom. The van der Waals surface area contributed by atoms with E-state index in [1.807, 2.05) is 0 Å². The van der Waals surface area contributed by atoms with Crippen LogP contribution in [0.15, 0.2) is 24.3 Å². The van der Waals surface area contributed by atoms with Gasteiger partial charge in [-0.1, -0.05) is 24.0 Å². The van der Waals surface area contributed by atoms with Gasteiger partial charge in [-0.3, -0.25) is 4.90 Å². The zero-order valence-corrected chi connectivity index (χ0v) is 13.3. The van der Waals surface area contributed by atoms with Gasteiger partial charge in [0.15, 0.2) is 0 Å². The molecule has 0 atom stereocenters. The lowest BCUT2D eigenvalue weighted by molar-refractivity contribution is 0.157. The van der Waals surface area contributed by atoms with Crippen LogP contribution in [0.2, 0.25) is 0 Å². The third-order valence-corrected chi connectivity index (χ3v) is 4.00. The number of nitrogens with two attached hydrogens (primary N) is 1. The van der Waals surface area contributed by atoms with Crippen LogP contribution in [0.5, 0.6) is 0 Å². The number of rotatable bonds is 4.